The molecule has 0 saturated carbocycles. The van der Waals surface area contributed by atoms with Crippen LogP contribution in [0.4, 0.5) is 4.39 Å². The second-order valence-electron chi connectivity index (χ2n) is 3.80. The Morgan fingerprint density at radius 2 is 2.00 bits per heavy atom. The Kier molecular flexibility index (Phi) is 3.56. The maximum atomic E-state index is 12.9. The molecule has 3 nitrogen and oxygen atoms in total. The molecule has 0 aliphatic rings. The smallest absolute Gasteiger partial charge is 0.123 e. The summed E-state index contributed by atoms with van der Waals surface area (Å²) in [6.45, 7) is 2.01. The molecular formula is C13H15FN2O. The number of halogens is 1. The minimum absolute atomic E-state index is 0.177. The predicted octanol–water partition coefficient (Wildman–Crippen LogP) is 2.53. The molecule has 4 heteroatoms. The van der Waals surface area contributed by atoms with E-state index in [2.05, 4.69) is 5.43 Å². The van der Waals surface area contributed by atoms with Crippen molar-refractivity contribution in [1.82, 2.24) is 5.43 Å². The van der Waals surface area contributed by atoms with Gasteiger partial charge < -0.3 is 4.42 Å². The standard InChI is InChI=1S/C13H15FN2O/c1-2-12-11(7-8-17-12)13(16-15)9-3-5-10(14)6-4-9/h3-8,13,16H,2,15H2,1H3. The van der Waals surface area contributed by atoms with Gasteiger partial charge in [-0.05, 0) is 23.8 Å². The third-order valence-electron chi connectivity index (χ3n) is 2.78. The zero-order valence-corrected chi connectivity index (χ0v) is 9.61. The molecule has 90 valence electrons. The van der Waals surface area contributed by atoms with E-state index in [1.165, 1.54) is 12.1 Å². The molecule has 2 aromatic rings. The number of nitrogens with one attached hydrogen (secondary N) is 1. The van der Waals surface area contributed by atoms with E-state index in [0.717, 1.165) is 23.3 Å². The molecule has 1 aromatic carbocycles. The normalized spacial score (nSPS) is 12.6. The van der Waals surface area contributed by atoms with Crippen molar-refractivity contribution in [2.75, 3.05) is 0 Å². The predicted molar refractivity (Wildman–Crippen MR) is 63.7 cm³/mol. The zero-order valence-electron chi connectivity index (χ0n) is 9.61. The van der Waals surface area contributed by atoms with Gasteiger partial charge in [0.15, 0.2) is 0 Å². The summed E-state index contributed by atoms with van der Waals surface area (Å²) in [5.41, 5.74) is 4.63. The van der Waals surface area contributed by atoms with Gasteiger partial charge in [-0.3, -0.25) is 5.84 Å². The minimum Gasteiger partial charge on any atom is -0.469 e. The highest BCUT2D eigenvalue weighted by atomic mass is 19.1. The number of hydrazine groups is 1. The molecule has 0 spiro atoms. The lowest BCUT2D eigenvalue weighted by atomic mass is 9.99. The maximum Gasteiger partial charge on any atom is 0.123 e. The summed E-state index contributed by atoms with van der Waals surface area (Å²) in [6, 6.07) is 7.98. The fourth-order valence-corrected chi connectivity index (χ4v) is 1.92. The first-order valence-electron chi connectivity index (χ1n) is 5.54. The molecule has 0 radical (unpaired) electrons. The Bertz CT molecular complexity index is 478. The van der Waals surface area contributed by atoms with Crippen LogP contribution in [0.25, 0.3) is 0 Å². The van der Waals surface area contributed by atoms with Gasteiger partial charge in [-0.15, -0.1) is 0 Å². The Hall–Kier alpha value is -1.65. The number of benzene rings is 1. The van der Waals surface area contributed by atoms with Crippen molar-refractivity contribution in [3.63, 3.8) is 0 Å². The van der Waals surface area contributed by atoms with Crippen LogP contribution in [0.1, 0.15) is 29.9 Å². The first-order valence-corrected chi connectivity index (χ1v) is 5.54. The average Bonchev–Trinajstić information content (AvgIpc) is 2.81. The van der Waals surface area contributed by atoms with Crippen LogP contribution >= 0.6 is 0 Å². The van der Waals surface area contributed by atoms with Gasteiger partial charge in [-0.2, -0.15) is 0 Å². The van der Waals surface area contributed by atoms with Gasteiger partial charge in [0.2, 0.25) is 0 Å². The number of aryl methyl sites for hydroxylation is 1. The van der Waals surface area contributed by atoms with E-state index in [0.29, 0.717) is 0 Å². The van der Waals surface area contributed by atoms with Crippen molar-refractivity contribution >= 4 is 0 Å². The van der Waals surface area contributed by atoms with E-state index >= 15 is 0 Å². The van der Waals surface area contributed by atoms with Crippen molar-refractivity contribution in [2.24, 2.45) is 5.84 Å². The highest BCUT2D eigenvalue weighted by molar-refractivity contribution is 5.33. The van der Waals surface area contributed by atoms with Crippen LogP contribution < -0.4 is 11.3 Å². The SMILES string of the molecule is CCc1occc1C(NN)c1ccc(F)cc1. The summed E-state index contributed by atoms with van der Waals surface area (Å²) in [5.74, 6) is 6.20. The Labute approximate surface area is 99.4 Å². The molecule has 0 bridgehead atoms. The van der Waals surface area contributed by atoms with Crippen molar-refractivity contribution in [1.29, 1.82) is 0 Å². The largest absolute Gasteiger partial charge is 0.469 e. The third-order valence-corrected chi connectivity index (χ3v) is 2.78. The van der Waals surface area contributed by atoms with E-state index < -0.39 is 0 Å². The molecule has 0 saturated heterocycles. The molecule has 0 aliphatic heterocycles. The molecule has 0 aliphatic carbocycles. The molecule has 17 heavy (non-hydrogen) atoms. The molecule has 1 unspecified atom stereocenters. The quantitative estimate of drug-likeness (QED) is 0.631. The lowest BCUT2D eigenvalue weighted by Gasteiger charge is -2.16. The van der Waals surface area contributed by atoms with Crippen LogP contribution in [0, 0.1) is 5.82 Å². The Morgan fingerprint density at radius 3 is 2.59 bits per heavy atom. The van der Waals surface area contributed by atoms with E-state index in [1.807, 2.05) is 13.0 Å². The number of rotatable bonds is 4. The van der Waals surface area contributed by atoms with Crippen LogP contribution in [-0.4, -0.2) is 0 Å². The van der Waals surface area contributed by atoms with Crippen molar-refractivity contribution in [3.05, 3.63) is 59.3 Å². The maximum absolute atomic E-state index is 12.9. The molecule has 1 heterocycles. The van der Waals surface area contributed by atoms with Gasteiger partial charge >= 0.3 is 0 Å². The zero-order chi connectivity index (χ0) is 12.3. The summed E-state index contributed by atoms with van der Waals surface area (Å²) in [5, 5.41) is 0. The molecule has 0 amide bonds. The van der Waals surface area contributed by atoms with Gasteiger partial charge in [0, 0.05) is 12.0 Å². The Balaban J connectivity index is 2.36. The first kappa shape index (κ1) is 11.8. The van der Waals surface area contributed by atoms with E-state index in [-0.39, 0.29) is 11.9 Å². The summed E-state index contributed by atoms with van der Waals surface area (Å²) < 4.78 is 18.2. The summed E-state index contributed by atoms with van der Waals surface area (Å²) in [4.78, 5) is 0. The molecule has 1 aromatic heterocycles. The molecule has 1 atom stereocenters. The second-order valence-corrected chi connectivity index (χ2v) is 3.80. The first-order chi connectivity index (χ1) is 8.26. The number of nitrogens with two attached hydrogens (primary N) is 1. The summed E-state index contributed by atoms with van der Waals surface area (Å²) in [6.07, 6.45) is 2.43. The summed E-state index contributed by atoms with van der Waals surface area (Å²) in [7, 11) is 0. The van der Waals surface area contributed by atoms with E-state index in [4.69, 9.17) is 10.3 Å². The van der Waals surface area contributed by atoms with Crippen molar-refractivity contribution < 1.29 is 8.81 Å². The van der Waals surface area contributed by atoms with Gasteiger partial charge in [0.1, 0.15) is 11.6 Å². The Morgan fingerprint density at radius 1 is 1.29 bits per heavy atom. The fraction of sp³-hybridized carbons (Fsp3) is 0.231. The molecular weight excluding hydrogens is 219 g/mol. The van der Waals surface area contributed by atoms with Crippen molar-refractivity contribution in [2.45, 2.75) is 19.4 Å². The minimum atomic E-state index is -0.257. The van der Waals surface area contributed by atoms with Gasteiger partial charge in [0.05, 0.1) is 12.3 Å². The molecule has 2 rings (SSSR count). The van der Waals surface area contributed by atoms with Crippen LogP contribution in [0.2, 0.25) is 0 Å². The van der Waals surface area contributed by atoms with Gasteiger partial charge in [0.25, 0.3) is 0 Å². The number of hydrogen-bond donors (Lipinski definition) is 2. The molecule has 3 N–H and O–H groups in total. The second kappa shape index (κ2) is 5.12. The van der Waals surface area contributed by atoms with Crippen molar-refractivity contribution in [3.8, 4) is 0 Å². The highest BCUT2D eigenvalue weighted by Crippen LogP contribution is 2.25. The lowest BCUT2D eigenvalue weighted by Crippen LogP contribution is -2.29. The highest BCUT2D eigenvalue weighted by Gasteiger charge is 2.17. The lowest BCUT2D eigenvalue weighted by molar-refractivity contribution is 0.502. The fourth-order valence-electron chi connectivity index (χ4n) is 1.92. The third kappa shape index (κ3) is 2.38. The summed E-state index contributed by atoms with van der Waals surface area (Å²) >= 11 is 0. The van der Waals surface area contributed by atoms with E-state index in [1.54, 1.807) is 18.4 Å². The van der Waals surface area contributed by atoms with Crippen LogP contribution in [-0.2, 0) is 6.42 Å². The number of furan rings is 1. The average molecular weight is 234 g/mol. The van der Waals surface area contributed by atoms with E-state index in [9.17, 15) is 4.39 Å². The molecule has 0 fully saturated rings. The van der Waals surface area contributed by atoms with Crippen LogP contribution in [0.5, 0.6) is 0 Å². The number of hydrogen-bond acceptors (Lipinski definition) is 3. The van der Waals surface area contributed by atoms with Gasteiger partial charge in [-0.1, -0.05) is 19.1 Å². The van der Waals surface area contributed by atoms with Crippen LogP contribution in [0.15, 0.2) is 41.0 Å². The topological polar surface area (TPSA) is 51.2 Å². The monoisotopic (exact) mass is 234 g/mol. The van der Waals surface area contributed by atoms with Crippen LogP contribution in [0.3, 0.4) is 0 Å². The van der Waals surface area contributed by atoms with Gasteiger partial charge in [-0.25, -0.2) is 9.82 Å².